The lowest BCUT2D eigenvalue weighted by atomic mass is 9.71. The fourth-order valence-electron chi connectivity index (χ4n) is 3.90. The maximum Gasteiger partial charge on any atom is 0.168 e. The molecule has 0 heterocycles. The van der Waals surface area contributed by atoms with Gasteiger partial charge < -0.3 is 0 Å². The van der Waals surface area contributed by atoms with Crippen molar-refractivity contribution in [3.05, 3.63) is 54.1 Å². The number of rotatable bonds is 1. The van der Waals surface area contributed by atoms with Crippen LogP contribution >= 0.6 is 0 Å². The van der Waals surface area contributed by atoms with Crippen LogP contribution in [-0.4, -0.2) is 11.6 Å². The van der Waals surface area contributed by atoms with E-state index in [1.54, 1.807) is 6.08 Å². The van der Waals surface area contributed by atoms with Gasteiger partial charge in [-0.3, -0.25) is 9.59 Å². The first kappa shape index (κ1) is 10.9. The third-order valence-electron chi connectivity index (χ3n) is 4.73. The van der Waals surface area contributed by atoms with Gasteiger partial charge in [0.15, 0.2) is 11.6 Å². The molecule has 4 atom stereocenters. The molecule has 0 N–H and O–H groups in total. The molecule has 0 unspecified atom stereocenters. The number of fused-ring (bicyclic) bond motifs is 5. The second-order valence-electron chi connectivity index (χ2n) is 5.69. The number of carbonyl (C=O) groups excluding carboxylic acids is 2. The maximum atomic E-state index is 12.7. The first-order valence-electron chi connectivity index (χ1n) is 6.79. The lowest BCUT2D eigenvalue weighted by Gasteiger charge is -2.29. The number of hydrogen-bond acceptors (Lipinski definition) is 2. The number of Topliss-reactive ketones (excluding diaryl/α,β-unsaturated/α-hetero) is 1. The summed E-state index contributed by atoms with van der Waals surface area (Å²) in [5, 5.41) is 0. The van der Waals surface area contributed by atoms with Crippen LogP contribution in [0.2, 0.25) is 0 Å². The van der Waals surface area contributed by atoms with Crippen LogP contribution in [-0.2, 0) is 9.59 Å². The van der Waals surface area contributed by atoms with Gasteiger partial charge in [-0.1, -0.05) is 42.5 Å². The van der Waals surface area contributed by atoms with Gasteiger partial charge in [0.2, 0.25) is 0 Å². The molecule has 2 nitrogen and oxygen atoms in total. The topological polar surface area (TPSA) is 34.1 Å². The van der Waals surface area contributed by atoms with E-state index in [-0.39, 0.29) is 29.3 Å². The minimum absolute atomic E-state index is 0.0880. The summed E-state index contributed by atoms with van der Waals surface area (Å²) >= 11 is 0. The van der Waals surface area contributed by atoms with Gasteiger partial charge in [0.25, 0.3) is 0 Å². The van der Waals surface area contributed by atoms with Gasteiger partial charge in [0.05, 0.1) is 0 Å². The molecule has 3 aliphatic rings. The Morgan fingerprint density at radius 1 is 0.895 bits per heavy atom. The van der Waals surface area contributed by atoms with Crippen molar-refractivity contribution in [2.45, 2.75) is 6.42 Å². The Morgan fingerprint density at radius 3 is 2.32 bits per heavy atom. The van der Waals surface area contributed by atoms with Crippen molar-refractivity contribution in [3.63, 3.8) is 0 Å². The summed E-state index contributed by atoms with van der Waals surface area (Å²) in [6, 6.07) is 9.53. The monoisotopic (exact) mass is 250 g/mol. The van der Waals surface area contributed by atoms with Crippen LogP contribution in [0, 0.1) is 23.7 Å². The first-order chi connectivity index (χ1) is 9.25. The molecular weight excluding hydrogens is 236 g/mol. The Bertz CT molecular complexity index is 624. The molecule has 3 aliphatic carbocycles. The molecule has 0 aliphatic heterocycles. The van der Waals surface area contributed by atoms with Crippen molar-refractivity contribution >= 4 is 17.1 Å². The van der Waals surface area contributed by atoms with E-state index in [1.165, 1.54) is 0 Å². The molecule has 0 amide bonds. The van der Waals surface area contributed by atoms with E-state index in [9.17, 15) is 9.59 Å². The molecule has 1 aromatic carbocycles. The molecule has 2 heteroatoms. The number of benzene rings is 1. The molecule has 4 rings (SSSR count). The smallest absolute Gasteiger partial charge is 0.168 e. The Balaban J connectivity index is 1.80. The van der Waals surface area contributed by atoms with Gasteiger partial charge in [-0.15, -0.1) is 0 Å². The van der Waals surface area contributed by atoms with Gasteiger partial charge in [-0.05, 0) is 29.9 Å². The summed E-state index contributed by atoms with van der Waals surface area (Å²) in [5.74, 6) is 0.671. The van der Waals surface area contributed by atoms with Gasteiger partial charge >= 0.3 is 0 Å². The van der Waals surface area contributed by atoms with Crippen molar-refractivity contribution in [2.24, 2.45) is 23.7 Å². The van der Waals surface area contributed by atoms with Crippen LogP contribution in [0.4, 0.5) is 0 Å². The van der Waals surface area contributed by atoms with Gasteiger partial charge in [0, 0.05) is 17.4 Å². The predicted octanol–water partition coefficient (Wildman–Crippen LogP) is 2.66. The molecule has 19 heavy (non-hydrogen) atoms. The van der Waals surface area contributed by atoms with E-state index in [0.29, 0.717) is 11.5 Å². The van der Waals surface area contributed by atoms with Crippen molar-refractivity contribution in [1.82, 2.24) is 0 Å². The SMILES string of the molecule is O=C1C=C(c2ccccc2)C(=O)[C@@H]2[C@@H]1[C@H]1C=C[C@H]2C1. The standard InChI is InChI=1S/C17H14O2/c18-14-9-13(10-4-2-1-3-5-10)17(19)16-12-7-6-11(8-12)15(14)16/h1-7,9,11-12,15-16H,8H2/t11-,12-,15+,16-/m0/s1. The van der Waals surface area contributed by atoms with Crippen molar-refractivity contribution < 1.29 is 9.59 Å². The van der Waals surface area contributed by atoms with Crippen LogP contribution in [0.5, 0.6) is 0 Å². The third-order valence-corrected chi connectivity index (χ3v) is 4.73. The summed E-state index contributed by atoms with van der Waals surface area (Å²) in [7, 11) is 0. The highest BCUT2D eigenvalue weighted by Crippen LogP contribution is 2.52. The molecule has 0 saturated heterocycles. The van der Waals surface area contributed by atoms with Crippen LogP contribution in [0.15, 0.2) is 48.6 Å². The fourth-order valence-corrected chi connectivity index (χ4v) is 3.90. The highest BCUT2D eigenvalue weighted by Gasteiger charge is 2.53. The summed E-state index contributed by atoms with van der Waals surface area (Å²) in [5.41, 5.74) is 1.47. The van der Waals surface area contributed by atoms with E-state index in [2.05, 4.69) is 12.2 Å². The summed E-state index contributed by atoms with van der Waals surface area (Å²) in [6.45, 7) is 0. The van der Waals surface area contributed by atoms with E-state index >= 15 is 0 Å². The second kappa shape index (κ2) is 3.77. The van der Waals surface area contributed by atoms with E-state index < -0.39 is 0 Å². The molecule has 0 spiro atoms. The van der Waals surface area contributed by atoms with Crippen molar-refractivity contribution in [2.75, 3.05) is 0 Å². The van der Waals surface area contributed by atoms with E-state index in [0.717, 1.165) is 12.0 Å². The molecule has 0 radical (unpaired) electrons. The normalized spacial score (nSPS) is 35.5. The number of hydrogen-bond donors (Lipinski definition) is 0. The minimum atomic E-state index is -0.109. The van der Waals surface area contributed by atoms with Crippen LogP contribution < -0.4 is 0 Å². The summed E-state index contributed by atoms with van der Waals surface area (Å²) in [6.07, 6.45) is 6.80. The van der Waals surface area contributed by atoms with Gasteiger partial charge in [-0.2, -0.15) is 0 Å². The first-order valence-corrected chi connectivity index (χ1v) is 6.79. The molecular formula is C17H14O2. The fraction of sp³-hybridized carbons (Fsp3) is 0.294. The van der Waals surface area contributed by atoms with E-state index in [1.807, 2.05) is 30.3 Å². The van der Waals surface area contributed by atoms with Gasteiger partial charge in [-0.25, -0.2) is 0 Å². The minimum Gasteiger partial charge on any atom is -0.294 e. The van der Waals surface area contributed by atoms with Gasteiger partial charge in [0.1, 0.15) is 0 Å². The molecule has 1 aromatic rings. The second-order valence-corrected chi connectivity index (χ2v) is 5.69. The average molecular weight is 250 g/mol. The molecule has 1 saturated carbocycles. The van der Waals surface area contributed by atoms with E-state index in [4.69, 9.17) is 0 Å². The lowest BCUT2D eigenvalue weighted by molar-refractivity contribution is -0.128. The highest BCUT2D eigenvalue weighted by atomic mass is 16.1. The molecule has 94 valence electrons. The Hall–Kier alpha value is -1.96. The average Bonchev–Trinajstić information content (AvgIpc) is 3.05. The zero-order valence-electron chi connectivity index (χ0n) is 10.5. The maximum absolute atomic E-state index is 12.7. The molecule has 0 aromatic heterocycles. The van der Waals surface area contributed by atoms with Crippen LogP contribution in [0.1, 0.15) is 12.0 Å². The third kappa shape index (κ3) is 1.43. The summed E-state index contributed by atoms with van der Waals surface area (Å²) < 4.78 is 0. The zero-order chi connectivity index (χ0) is 13.0. The molecule has 2 bridgehead atoms. The number of ketones is 2. The highest BCUT2D eigenvalue weighted by molar-refractivity contribution is 6.29. The quantitative estimate of drug-likeness (QED) is 0.718. The zero-order valence-corrected chi connectivity index (χ0v) is 10.5. The largest absolute Gasteiger partial charge is 0.294 e. The Morgan fingerprint density at radius 2 is 1.58 bits per heavy atom. The lowest BCUT2D eigenvalue weighted by Crippen LogP contribution is -2.36. The predicted molar refractivity (Wildman–Crippen MR) is 72.2 cm³/mol. The number of carbonyl (C=O) groups is 2. The van der Waals surface area contributed by atoms with Crippen molar-refractivity contribution in [1.29, 1.82) is 0 Å². The van der Waals surface area contributed by atoms with Crippen molar-refractivity contribution in [3.8, 4) is 0 Å². The Labute approximate surface area is 111 Å². The van der Waals surface area contributed by atoms with Crippen LogP contribution in [0.25, 0.3) is 5.57 Å². The summed E-state index contributed by atoms with van der Waals surface area (Å²) in [4.78, 5) is 25.0. The Kier molecular flexibility index (Phi) is 2.16. The van der Waals surface area contributed by atoms with Crippen LogP contribution in [0.3, 0.4) is 0 Å². The molecule has 1 fully saturated rings. The number of allylic oxidation sites excluding steroid dienone is 4.